The normalized spacial score (nSPS) is 18.1. The molecule has 1 aliphatic rings. The van der Waals surface area contributed by atoms with Crippen LogP contribution in [0.2, 0.25) is 0 Å². The van der Waals surface area contributed by atoms with Gasteiger partial charge in [0.25, 0.3) is 0 Å². The van der Waals surface area contributed by atoms with Crippen LogP contribution in [0, 0.1) is 0 Å². The molecule has 2 aromatic carbocycles. The quantitative estimate of drug-likeness (QED) is 0.619. The molecule has 5 heteroatoms. The van der Waals surface area contributed by atoms with Crippen molar-refractivity contribution >= 4 is 21.6 Å². The lowest BCUT2D eigenvalue weighted by atomic mass is 10.0. The van der Waals surface area contributed by atoms with Gasteiger partial charge in [-0.2, -0.15) is 0 Å². The summed E-state index contributed by atoms with van der Waals surface area (Å²) < 4.78 is 12.4. The van der Waals surface area contributed by atoms with Crippen LogP contribution in [-0.4, -0.2) is 36.7 Å². The van der Waals surface area contributed by atoms with E-state index >= 15 is 0 Å². The van der Waals surface area contributed by atoms with Crippen LogP contribution in [0.4, 0.5) is 0 Å². The van der Waals surface area contributed by atoms with Crippen molar-refractivity contribution < 1.29 is 9.47 Å². The first-order valence-corrected chi connectivity index (χ1v) is 10.0. The smallest absolute Gasteiger partial charge is 0.119 e. The summed E-state index contributed by atoms with van der Waals surface area (Å²) in [4.78, 5) is 7.43. The van der Waals surface area contributed by atoms with E-state index < -0.39 is 0 Å². The Balaban J connectivity index is 1.40. The summed E-state index contributed by atoms with van der Waals surface area (Å²) in [5.41, 5.74) is 1.12. The second-order valence-corrected chi connectivity index (χ2v) is 7.65. The van der Waals surface area contributed by atoms with Crippen LogP contribution in [0.1, 0.15) is 30.3 Å². The number of likely N-dealkylation sites (tertiary alicyclic amines) is 1. The molecule has 0 bridgehead atoms. The van der Waals surface area contributed by atoms with E-state index in [2.05, 4.69) is 29.2 Å². The first-order chi connectivity index (χ1) is 12.8. The first-order valence-electron chi connectivity index (χ1n) is 9.20. The fraction of sp³-hybridized carbons (Fsp3) is 0.381. The van der Waals surface area contributed by atoms with Gasteiger partial charge in [0.15, 0.2) is 0 Å². The number of hydrogen-bond acceptors (Lipinski definition) is 5. The molecule has 3 aromatic rings. The molecular weight excluding hydrogens is 344 g/mol. The molecule has 136 valence electrons. The molecule has 0 spiro atoms. The molecule has 0 saturated carbocycles. The fourth-order valence-corrected chi connectivity index (χ4v) is 4.66. The van der Waals surface area contributed by atoms with Gasteiger partial charge in [-0.3, -0.25) is 4.90 Å². The minimum absolute atomic E-state index is 0.417. The predicted octanol–water partition coefficient (Wildman–Crippen LogP) is 4.91. The van der Waals surface area contributed by atoms with Crippen LogP contribution in [0.25, 0.3) is 10.2 Å². The van der Waals surface area contributed by atoms with Crippen molar-refractivity contribution in [1.82, 2.24) is 9.88 Å². The number of methoxy groups -OCH3 is 1. The van der Waals surface area contributed by atoms with Gasteiger partial charge in [0, 0.05) is 6.54 Å². The zero-order valence-electron chi connectivity index (χ0n) is 15.1. The highest BCUT2D eigenvalue weighted by molar-refractivity contribution is 7.18. The van der Waals surface area contributed by atoms with Gasteiger partial charge in [-0.25, -0.2) is 4.98 Å². The Bertz CT molecular complexity index is 814. The molecule has 0 N–H and O–H groups in total. The molecule has 0 amide bonds. The number of ether oxygens (including phenoxy) is 2. The van der Waals surface area contributed by atoms with Gasteiger partial charge in [-0.1, -0.05) is 18.6 Å². The Hall–Kier alpha value is -2.11. The number of thiazole rings is 1. The first kappa shape index (κ1) is 17.3. The summed E-state index contributed by atoms with van der Waals surface area (Å²) in [6.07, 6.45) is 3.71. The maximum Gasteiger partial charge on any atom is 0.119 e. The van der Waals surface area contributed by atoms with Crippen molar-refractivity contribution in [3.8, 4) is 11.5 Å². The second kappa shape index (κ2) is 8.06. The van der Waals surface area contributed by atoms with Crippen molar-refractivity contribution in [1.29, 1.82) is 0 Å². The van der Waals surface area contributed by atoms with Crippen LogP contribution in [0.3, 0.4) is 0 Å². The highest BCUT2D eigenvalue weighted by Gasteiger charge is 2.26. The molecule has 4 nitrogen and oxygen atoms in total. The standard InChI is InChI=1S/C21H24N2O2S/c1-24-16-9-11-17(12-10-16)25-15-14-23-13-5-4-7-19(23)21-22-18-6-2-3-8-20(18)26-21/h2-3,6,8-12,19H,4-5,7,13-15H2,1H3/t19-/m0/s1. The zero-order valence-corrected chi connectivity index (χ0v) is 15.9. The van der Waals surface area contributed by atoms with E-state index in [-0.39, 0.29) is 0 Å². The van der Waals surface area contributed by atoms with Gasteiger partial charge in [0.05, 0.1) is 23.4 Å². The molecule has 2 heterocycles. The Morgan fingerprint density at radius 1 is 1.08 bits per heavy atom. The summed E-state index contributed by atoms with van der Waals surface area (Å²) in [5.74, 6) is 1.74. The van der Waals surface area contributed by atoms with E-state index in [1.807, 2.05) is 35.6 Å². The number of para-hydroxylation sites is 1. The molecule has 0 radical (unpaired) electrons. The van der Waals surface area contributed by atoms with E-state index in [0.717, 1.165) is 30.1 Å². The molecule has 4 rings (SSSR count). The van der Waals surface area contributed by atoms with Gasteiger partial charge in [0.2, 0.25) is 0 Å². The lowest BCUT2D eigenvalue weighted by Gasteiger charge is -2.34. The molecule has 1 fully saturated rings. The molecule has 1 aromatic heterocycles. The Labute approximate surface area is 158 Å². The van der Waals surface area contributed by atoms with E-state index in [0.29, 0.717) is 12.6 Å². The maximum absolute atomic E-state index is 5.94. The summed E-state index contributed by atoms with van der Waals surface area (Å²) in [5, 5.41) is 1.25. The Kier molecular flexibility index (Phi) is 5.37. The summed E-state index contributed by atoms with van der Waals surface area (Å²) in [6, 6.07) is 16.6. The molecule has 0 aliphatic carbocycles. The Morgan fingerprint density at radius 2 is 1.88 bits per heavy atom. The second-order valence-electron chi connectivity index (χ2n) is 6.59. The van der Waals surface area contributed by atoms with Gasteiger partial charge in [0.1, 0.15) is 23.1 Å². The number of rotatable bonds is 6. The summed E-state index contributed by atoms with van der Waals surface area (Å²) in [7, 11) is 1.67. The third-order valence-corrected chi connectivity index (χ3v) is 6.05. The number of nitrogens with zero attached hydrogens (tertiary/aromatic N) is 2. The highest BCUT2D eigenvalue weighted by atomic mass is 32.1. The molecule has 1 atom stereocenters. The third kappa shape index (κ3) is 3.84. The molecule has 1 saturated heterocycles. The lowest BCUT2D eigenvalue weighted by Crippen LogP contribution is -2.36. The van der Waals surface area contributed by atoms with Crippen molar-refractivity contribution in [2.45, 2.75) is 25.3 Å². The van der Waals surface area contributed by atoms with Crippen molar-refractivity contribution in [2.24, 2.45) is 0 Å². The largest absolute Gasteiger partial charge is 0.497 e. The summed E-state index contributed by atoms with van der Waals surface area (Å²) in [6.45, 7) is 2.73. The SMILES string of the molecule is COc1ccc(OCCN2CCCC[C@H]2c2nc3ccccc3s2)cc1. The average Bonchev–Trinajstić information content (AvgIpc) is 3.13. The van der Waals surface area contributed by atoms with Crippen LogP contribution in [-0.2, 0) is 0 Å². The fourth-order valence-electron chi connectivity index (χ4n) is 3.52. The Morgan fingerprint density at radius 3 is 2.69 bits per heavy atom. The number of fused-ring (bicyclic) bond motifs is 1. The van der Waals surface area contributed by atoms with E-state index in [9.17, 15) is 0 Å². The predicted molar refractivity (Wildman–Crippen MR) is 106 cm³/mol. The number of piperidine rings is 1. The van der Waals surface area contributed by atoms with Gasteiger partial charge < -0.3 is 9.47 Å². The number of aromatic nitrogens is 1. The summed E-state index contributed by atoms with van der Waals surface area (Å²) >= 11 is 1.83. The highest BCUT2D eigenvalue weighted by Crippen LogP contribution is 2.35. The van der Waals surface area contributed by atoms with Crippen molar-refractivity contribution in [3.63, 3.8) is 0 Å². The van der Waals surface area contributed by atoms with E-state index in [1.165, 1.54) is 29.0 Å². The maximum atomic E-state index is 5.94. The van der Waals surface area contributed by atoms with Crippen LogP contribution >= 0.6 is 11.3 Å². The molecular formula is C21H24N2O2S. The number of benzene rings is 2. The minimum Gasteiger partial charge on any atom is -0.497 e. The van der Waals surface area contributed by atoms with Crippen LogP contribution in [0.5, 0.6) is 11.5 Å². The minimum atomic E-state index is 0.417. The third-order valence-electron chi connectivity index (χ3n) is 4.92. The monoisotopic (exact) mass is 368 g/mol. The van der Waals surface area contributed by atoms with Gasteiger partial charge in [-0.15, -0.1) is 11.3 Å². The van der Waals surface area contributed by atoms with Crippen molar-refractivity contribution in [3.05, 3.63) is 53.5 Å². The molecule has 1 aliphatic heterocycles. The lowest BCUT2D eigenvalue weighted by molar-refractivity contribution is 0.123. The topological polar surface area (TPSA) is 34.6 Å². The van der Waals surface area contributed by atoms with Crippen molar-refractivity contribution in [2.75, 3.05) is 26.8 Å². The molecule has 0 unspecified atom stereocenters. The van der Waals surface area contributed by atoms with E-state index in [4.69, 9.17) is 14.5 Å². The van der Waals surface area contributed by atoms with E-state index in [1.54, 1.807) is 7.11 Å². The van der Waals surface area contributed by atoms with Gasteiger partial charge >= 0.3 is 0 Å². The van der Waals surface area contributed by atoms with Crippen LogP contribution < -0.4 is 9.47 Å². The molecule has 26 heavy (non-hydrogen) atoms. The van der Waals surface area contributed by atoms with Gasteiger partial charge in [-0.05, 0) is 55.8 Å². The zero-order chi connectivity index (χ0) is 17.8. The number of hydrogen-bond donors (Lipinski definition) is 0. The van der Waals surface area contributed by atoms with Crippen LogP contribution in [0.15, 0.2) is 48.5 Å². The average molecular weight is 369 g/mol.